The predicted octanol–water partition coefficient (Wildman–Crippen LogP) is 17.6. The molecule has 2 heteroatoms. The molecule has 0 bridgehead atoms. The van der Waals surface area contributed by atoms with E-state index in [9.17, 15) is 0 Å². The van der Waals surface area contributed by atoms with Gasteiger partial charge >= 0.3 is 0 Å². The minimum atomic E-state index is 1.08. The maximum Gasteiger partial charge on any atom is 0.0541 e. The molecular weight excluding hydrogens is 797 g/mol. The molecule has 2 nitrogen and oxygen atoms in total. The topological polar surface area (TPSA) is 6.48 Å². The quantitative estimate of drug-likeness (QED) is 0.113. The van der Waals surface area contributed by atoms with Crippen molar-refractivity contribution in [2.45, 2.75) is 13.8 Å². The molecule has 0 spiro atoms. The second-order valence-electron chi connectivity index (χ2n) is 16.8. The third-order valence-electron chi connectivity index (χ3n) is 12.2. The standard InChI is InChI=1S/C64H50N2/c1-47-27-35-53(36-28-47)61(51-17-7-3-8-18-51)45-49-31-39-57(40-32-49)65(55-21-11-5-12-22-55)63-43-44-64(60-26-16-15-25-59(60)63)66(56-23-13-6-14-24-56)58-41-33-50(34-42-58)46-62(52-19-9-4-10-20-52)54-37-29-48(2)30-38-54/h3-46H,1-2H3/b61-45+,62-46+. The van der Waals surface area contributed by atoms with Crippen molar-refractivity contribution in [1.82, 2.24) is 0 Å². The van der Waals surface area contributed by atoms with Crippen molar-refractivity contribution in [3.63, 3.8) is 0 Å². The van der Waals surface area contributed by atoms with Gasteiger partial charge in [-0.3, -0.25) is 0 Å². The fourth-order valence-electron chi connectivity index (χ4n) is 8.81. The number of rotatable bonds is 12. The predicted molar refractivity (Wildman–Crippen MR) is 283 cm³/mol. The van der Waals surface area contributed by atoms with Crippen LogP contribution in [0.2, 0.25) is 0 Å². The lowest BCUT2D eigenvalue weighted by atomic mass is 9.95. The Balaban J connectivity index is 1.05. The van der Waals surface area contributed by atoms with Crippen LogP contribution in [-0.2, 0) is 0 Å². The van der Waals surface area contributed by atoms with Crippen molar-refractivity contribution in [3.05, 3.63) is 299 Å². The molecule has 10 aromatic rings. The fraction of sp³-hybridized carbons (Fsp3) is 0.0312. The average molecular weight is 847 g/mol. The van der Waals surface area contributed by atoms with Crippen molar-refractivity contribution in [1.29, 1.82) is 0 Å². The summed E-state index contributed by atoms with van der Waals surface area (Å²) in [6.45, 7) is 4.27. The highest BCUT2D eigenvalue weighted by atomic mass is 15.2. The monoisotopic (exact) mass is 846 g/mol. The molecular formula is C64H50N2. The second-order valence-corrected chi connectivity index (χ2v) is 16.8. The minimum absolute atomic E-state index is 1.08. The largest absolute Gasteiger partial charge is 0.310 e. The summed E-state index contributed by atoms with van der Waals surface area (Å²) >= 11 is 0. The van der Waals surface area contributed by atoms with Gasteiger partial charge in [-0.2, -0.15) is 0 Å². The molecule has 0 N–H and O–H groups in total. The van der Waals surface area contributed by atoms with Gasteiger partial charge in [-0.25, -0.2) is 0 Å². The van der Waals surface area contributed by atoms with Gasteiger partial charge in [0.15, 0.2) is 0 Å². The molecule has 0 amide bonds. The summed E-state index contributed by atoms with van der Waals surface area (Å²) in [5.41, 5.74) is 18.5. The van der Waals surface area contributed by atoms with Crippen LogP contribution in [0, 0.1) is 13.8 Å². The Morgan fingerprint density at radius 3 is 0.909 bits per heavy atom. The van der Waals surface area contributed by atoms with Crippen LogP contribution in [0.4, 0.5) is 34.1 Å². The molecule has 0 saturated heterocycles. The Morgan fingerprint density at radius 1 is 0.273 bits per heavy atom. The van der Waals surface area contributed by atoms with Gasteiger partial charge in [-0.05, 0) is 131 Å². The third kappa shape index (κ3) is 8.99. The zero-order chi connectivity index (χ0) is 44.7. The molecule has 0 aliphatic carbocycles. The molecule has 10 rings (SSSR count). The van der Waals surface area contributed by atoms with Crippen LogP contribution in [0.3, 0.4) is 0 Å². The maximum absolute atomic E-state index is 2.38. The van der Waals surface area contributed by atoms with E-state index < -0.39 is 0 Å². The lowest BCUT2D eigenvalue weighted by Crippen LogP contribution is -2.13. The van der Waals surface area contributed by atoms with Crippen molar-refractivity contribution in [2.24, 2.45) is 0 Å². The number of aryl methyl sites for hydroxylation is 2. The molecule has 10 aromatic carbocycles. The number of hydrogen-bond donors (Lipinski definition) is 0. The molecule has 66 heavy (non-hydrogen) atoms. The van der Waals surface area contributed by atoms with Crippen molar-refractivity contribution >= 4 is 68.2 Å². The van der Waals surface area contributed by atoms with Crippen molar-refractivity contribution in [3.8, 4) is 0 Å². The minimum Gasteiger partial charge on any atom is -0.310 e. The van der Waals surface area contributed by atoms with Crippen LogP contribution >= 0.6 is 0 Å². The fourth-order valence-corrected chi connectivity index (χ4v) is 8.81. The van der Waals surface area contributed by atoms with Gasteiger partial charge in [0.05, 0.1) is 11.4 Å². The summed E-state index contributed by atoms with van der Waals surface area (Å²) in [5, 5.41) is 2.30. The van der Waals surface area contributed by atoms with E-state index in [1.165, 1.54) is 44.5 Å². The molecule has 0 aromatic heterocycles. The van der Waals surface area contributed by atoms with E-state index in [0.717, 1.165) is 56.0 Å². The molecule has 0 unspecified atom stereocenters. The third-order valence-corrected chi connectivity index (χ3v) is 12.2. The Morgan fingerprint density at radius 2 is 0.561 bits per heavy atom. The van der Waals surface area contributed by atoms with E-state index in [-0.39, 0.29) is 0 Å². The average Bonchev–Trinajstić information content (AvgIpc) is 3.38. The molecule has 0 radical (unpaired) electrons. The SMILES string of the molecule is Cc1ccc(/C(=C/c2ccc(N(c3ccccc3)c3ccc(N(c4ccccc4)c4ccc(/C=C(\c5ccccc5)c5ccc(C)cc5)cc4)c4ccccc34)cc2)c2ccccc2)cc1. The summed E-state index contributed by atoms with van der Waals surface area (Å²) in [6.07, 6.45) is 4.60. The van der Waals surface area contributed by atoms with Crippen molar-refractivity contribution in [2.75, 3.05) is 9.80 Å². The number of fused-ring (bicyclic) bond motifs is 1. The van der Waals surface area contributed by atoms with E-state index >= 15 is 0 Å². The normalized spacial score (nSPS) is 11.7. The summed E-state index contributed by atoms with van der Waals surface area (Å²) in [4.78, 5) is 4.76. The zero-order valence-electron chi connectivity index (χ0n) is 37.3. The number of anilines is 6. The molecule has 0 saturated carbocycles. The highest BCUT2D eigenvalue weighted by molar-refractivity contribution is 6.07. The molecule has 316 valence electrons. The van der Waals surface area contributed by atoms with Gasteiger partial charge < -0.3 is 9.80 Å². The van der Waals surface area contributed by atoms with Crippen LogP contribution in [0.15, 0.2) is 255 Å². The molecule has 0 atom stereocenters. The molecule has 0 aliphatic heterocycles. The molecule has 0 fully saturated rings. The molecule has 0 aliphatic rings. The van der Waals surface area contributed by atoms with Gasteiger partial charge in [-0.15, -0.1) is 0 Å². The number of para-hydroxylation sites is 2. The number of benzene rings is 10. The van der Waals surface area contributed by atoms with Gasteiger partial charge in [0.1, 0.15) is 0 Å². The lowest BCUT2D eigenvalue weighted by molar-refractivity contribution is 1.27. The zero-order valence-corrected chi connectivity index (χ0v) is 37.3. The van der Waals surface area contributed by atoms with Crippen LogP contribution in [0.25, 0.3) is 34.1 Å². The Bertz CT molecular complexity index is 3020. The summed E-state index contributed by atoms with van der Waals surface area (Å²) < 4.78 is 0. The van der Waals surface area contributed by atoms with Gasteiger partial charge in [-0.1, -0.05) is 205 Å². The van der Waals surface area contributed by atoms with Gasteiger partial charge in [0, 0.05) is 33.5 Å². The highest BCUT2D eigenvalue weighted by Gasteiger charge is 2.21. The second kappa shape index (κ2) is 19.1. The summed E-state index contributed by atoms with van der Waals surface area (Å²) in [7, 11) is 0. The van der Waals surface area contributed by atoms with Crippen molar-refractivity contribution < 1.29 is 0 Å². The highest BCUT2D eigenvalue weighted by Crippen LogP contribution is 2.45. The van der Waals surface area contributed by atoms with E-state index in [4.69, 9.17) is 0 Å². The number of hydrogen-bond acceptors (Lipinski definition) is 2. The van der Waals surface area contributed by atoms with Crippen LogP contribution in [0.5, 0.6) is 0 Å². The lowest BCUT2D eigenvalue weighted by Gasteiger charge is -2.30. The van der Waals surface area contributed by atoms with Gasteiger partial charge in [0.2, 0.25) is 0 Å². The maximum atomic E-state index is 2.38. The summed E-state index contributed by atoms with van der Waals surface area (Å²) in [5.74, 6) is 0. The van der Waals surface area contributed by atoms with E-state index in [0.29, 0.717) is 0 Å². The molecule has 0 heterocycles. The van der Waals surface area contributed by atoms with Crippen LogP contribution < -0.4 is 9.80 Å². The first-order valence-electron chi connectivity index (χ1n) is 22.7. The first-order chi connectivity index (χ1) is 32.6. The van der Waals surface area contributed by atoms with Crippen LogP contribution in [-0.4, -0.2) is 0 Å². The van der Waals surface area contributed by atoms with E-state index in [2.05, 4.69) is 291 Å². The van der Waals surface area contributed by atoms with E-state index in [1.807, 2.05) is 0 Å². The van der Waals surface area contributed by atoms with Crippen LogP contribution in [0.1, 0.15) is 44.5 Å². The summed E-state index contributed by atoms with van der Waals surface area (Å²) in [6, 6.07) is 91.6. The first kappa shape index (κ1) is 41.5. The van der Waals surface area contributed by atoms with E-state index in [1.54, 1.807) is 0 Å². The van der Waals surface area contributed by atoms with Gasteiger partial charge in [0.25, 0.3) is 0 Å². The smallest absolute Gasteiger partial charge is 0.0541 e. The number of nitrogens with zero attached hydrogens (tertiary/aromatic N) is 2. The first-order valence-corrected chi connectivity index (χ1v) is 22.7. The Labute approximate surface area is 389 Å². The Hall–Kier alpha value is -8.46. The Kier molecular flexibility index (Phi) is 12.0.